The molecule has 0 aromatic heterocycles. The Bertz CT molecular complexity index is 929. The van der Waals surface area contributed by atoms with Crippen LogP contribution in [0.15, 0.2) is 30.3 Å². The molecule has 0 aliphatic carbocycles. The van der Waals surface area contributed by atoms with Gasteiger partial charge in [0.1, 0.15) is 6.04 Å². The van der Waals surface area contributed by atoms with Crippen LogP contribution in [0.25, 0.3) is 0 Å². The molecule has 0 amide bonds. The molecule has 4 bridgehead atoms. The van der Waals surface area contributed by atoms with E-state index < -0.39 is 12.0 Å². The second-order valence-corrected chi connectivity index (χ2v) is 27.6. The summed E-state index contributed by atoms with van der Waals surface area (Å²) in [4.78, 5) is 15.7. The monoisotopic (exact) mass is 1200 g/mol. The van der Waals surface area contributed by atoms with Gasteiger partial charge in [0.2, 0.25) is 0 Å². The van der Waals surface area contributed by atoms with Crippen molar-refractivity contribution >= 4 is 105 Å². The van der Waals surface area contributed by atoms with Crippen LogP contribution >= 0.6 is 99.3 Å². The number of halogens is 7. The number of nitrogens with zero attached hydrogens (tertiary/aromatic N) is 3. The van der Waals surface area contributed by atoms with Crippen molar-refractivity contribution in [1.29, 1.82) is 5.26 Å². The average Bonchev–Trinajstić information content (AvgIpc) is 3.30. The van der Waals surface area contributed by atoms with Crippen molar-refractivity contribution in [2.75, 3.05) is 20.7 Å². The normalized spacial score (nSPS) is 29.3. The van der Waals surface area contributed by atoms with E-state index in [0.717, 1.165) is 31.2 Å². The zero-order valence-corrected chi connectivity index (χ0v) is 36.8. The van der Waals surface area contributed by atoms with Crippen molar-refractivity contribution in [2.24, 2.45) is 17.6 Å². The Kier molecular flexibility index (Phi) is 25.6. The fourth-order valence-electron chi connectivity index (χ4n) is 7.11. The summed E-state index contributed by atoms with van der Waals surface area (Å²) in [5.74, 6) is -0.281. The molecule has 43 heavy (non-hydrogen) atoms. The zero-order chi connectivity index (χ0) is 30.5. The Morgan fingerprint density at radius 3 is 1.72 bits per heavy atom. The van der Waals surface area contributed by atoms with Crippen LogP contribution in [-0.4, -0.2) is 82.9 Å². The Labute approximate surface area is 323 Å². The number of hydrogen-bond acceptors (Lipinski definition) is 7. The molecule has 0 spiro atoms. The molecule has 1 aromatic carbocycles. The third kappa shape index (κ3) is 13.6. The molecule has 4 aliphatic heterocycles. The predicted octanol–water partition coefficient (Wildman–Crippen LogP) is 3.74. The van der Waals surface area contributed by atoms with Gasteiger partial charge in [-0.05, 0) is 82.9 Å². The number of fused-ring (bicyclic) bond motifs is 4. The summed E-state index contributed by atoms with van der Waals surface area (Å²) < 4.78 is 0. The summed E-state index contributed by atoms with van der Waals surface area (Å²) in [5.41, 5.74) is 6.71. The van der Waals surface area contributed by atoms with E-state index in [1.165, 1.54) is 25.7 Å². The van der Waals surface area contributed by atoms with Gasteiger partial charge in [-0.2, -0.15) is 5.26 Å². The van der Waals surface area contributed by atoms with Gasteiger partial charge >= 0.3 is 56.5 Å². The number of aliphatic hydroxyl groups is 1. The molecule has 4 fully saturated rings. The third-order valence-corrected chi connectivity index (χ3v) is 9.44. The molecule has 8 nitrogen and oxygen atoms in total. The summed E-state index contributed by atoms with van der Waals surface area (Å²) in [6.45, 7) is 0.0155. The number of nitrogens with two attached hydrogens (primary N) is 1. The number of piperidine rings is 2. The van der Waals surface area contributed by atoms with Crippen LogP contribution in [0.5, 0.6) is 0 Å². The second-order valence-electron chi connectivity index (χ2n) is 11.4. The number of benzene rings is 1. The van der Waals surface area contributed by atoms with Crippen LogP contribution in [0.4, 0.5) is 0 Å². The number of rotatable bonds is 7. The van der Waals surface area contributed by atoms with Gasteiger partial charge in [0.25, 0.3) is 0 Å². The summed E-state index contributed by atoms with van der Waals surface area (Å²) >= 11 is 9.54. The fraction of sp³-hybridized carbons (Fsp3) is 0.714. The average molecular weight is 1210 g/mol. The minimum atomic E-state index is -0.848. The van der Waals surface area contributed by atoms with Crippen LogP contribution in [0.2, 0.25) is 0 Å². The topological polar surface area (TPSA) is 126 Å². The number of carbonyl (C=O) groups is 1. The van der Waals surface area contributed by atoms with Gasteiger partial charge in [0.05, 0.1) is 24.8 Å². The second kappa shape index (κ2) is 24.4. The molecule has 5 N–H and O–H groups in total. The van der Waals surface area contributed by atoms with Crippen LogP contribution in [-0.2, 0) is 4.79 Å². The molecule has 0 saturated carbocycles. The standard InChI is InChI=1S/C18H25N3O.C10H18N2O2.2ClH.I3.I2/c1-21-15-7-8-16(21)10-14(9-15)17(11-19)20-18(12-22)13-5-3-2-4-6-13;1-12-7-2-3-8(12)5-6(4-7)9(11)10(13)14;;;1-3-2;1-2/h2-6,14-18,20,22H,7-10,12H2,1H3;6-9H,2-5,11H2,1H3,(H,13,14);2*1H;;/q;;;;-1;/t14?,15?,16?,17-,18+;6?,7?,8?,9-;;;;/m10..../s1. The summed E-state index contributed by atoms with van der Waals surface area (Å²) in [6, 6.07) is 13.8. The van der Waals surface area contributed by atoms with Crippen molar-refractivity contribution in [3.63, 3.8) is 0 Å². The molecule has 250 valence electrons. The van der Waals surface area contributed by atoms with Gasteiger partial charge in [0.15, 0.2) is 0 Å². The van der Waals surface area contributed by atoms with Gasteiger partial charge in [-0.25, -0.2) is 0 Å². The molecule has 4 saturated heterocycles. The van der Waals surface area contributed by atoms with E-state index in [0.29, 0.717) is 43.3 Å². The van der Waals surface area contributed by atoms with E-state index in [-0.39, 0.29) is 49.4 Å². The Balaban J connectivity index is 0.000000728. The number of carboxylic acid groups (broad SMARTS) is 1. The maximum absolute atomic E-state index is 10.8. The number of aliphatic carboxylic acids is 1. The van der Waals surface area contributed by atoms with Crippen molar-refractivity contribution in [1.82, 2.24) is 15.1 Å². The first-order valence-corrected chi connectivity index (χ1v) is 32.8. The third-order valence-electron chi connectivity index (χ3n) is 9.44. The van der Waals surface area contributed by atoms with Gasteiger partial charge in [0, 0.05) is 61.4 Å². The molecule has 5 rings (SSSR count). The first kappa shape index (κ1) is 45.2. The fourth-order valence-corrected chi connectivity index (χ4v) is 7.11. The number of aliphatic hydroxyl groups excluding tert-OH is 1. The molecule has 4 unspecified atom stereocenters. The van der Waals surface area contributed by atoms with Gasteiger partial charge in [-0.3, -0.25) is 10.1 Å². The molecule has 7 atom stereocenters. The quantitative estimate of drug-likeness (QED) is 0.305. The number of nitriles is 1. The molecule has 4 heterocycles. The van der Waals surface area contributed by atoms with Gasteiger partial charge in [-0.1, -0.05) is 30.3 Å². The first-order chi connectivity index (χ1) is 19.7. The van der Waals surface area contributed by atoms with E-state index >= 15 is 0 Å². The summed E-state index contributed by atoms with van der Waals surface area (Å²) in [7, 11) is 4.36. The van der Waals surface area contributed by atoms with Crippen molar-refractivity contribution in [2.45, 2.75) is 93.7 Å². The molecular weight excluding hydrogens is 1160 g/mol. The number of carboxylic acids is 1. The van der Waals surface area contributed by atoms with E-state index in [1.807, 2.05) is 30.3 Å². The number of nitrogens with one attached hydrogen (secondary N) is 1. The van der Waals surface area contributed by atoms with Crippen LogP contribution in [0.3, 0.4) is 0 Å². The first-order valence-electron chi connectivity index (χ1n) is 14.0. The van der Waals surface area contributed by atoms with E-state index in [1.54, 1.807) is 0 Å². The van der Waals surface area contributed by atoms with Crippen LogP contribution in [0, 0.1) is 23.2 Å². The van der Waals surface area contributed by atoms with Gasteiger partial charge < -0.3 is 25.7 Å². The molecule has 4 aliphatic rings. The van der Waals surface area contributed by atoms with Crippen molar-refractivity contribution in [3.05, 3.63) is 35.9 Å². The van der Waals surface area contributed by atoms with Crippen LogP contribution in [0.1, 0.15) is 63.0 Å². The molecule has 15 heteroatoms. The Morgan fingerprint density at radius 1 is 0.977 bits per heavy atom. The van der Waals surface area contributed by atoms with Crippen molar-refractivity contribution < 1.29 is 28.3 Å². The van der Waals surface area contributed by atoms with E-state index in [4.69, 9.17) is 10.8 Å². The van der Waals surface area contributed by atoms with Gasteiger partial charge in [-0.15, -0.1) is 24.8 Å². The van der Waals surface area contributed by atoms with Crippen molar-refractivity contribution in [3.8, 4) is 6.07 Å². The van der Waals surface area contributed by atoms with E-state index in [2.05, 4.69) is 110 Å². The van der Waals surface area contributed by atoms with Crippen LogP contribution < -0.4 is 24.3 Å². The Morgan fingerprint density at radius 2 is 1.37 bits per heavy atom. The zero-order valence-electron chi connectivity index (χ0n) is 24.4. The Hall–Kier alpha value is 2.21. The summed E-state index contributed by atoms with van der Waals surface area (Å²) in [5, 5.41) is 31.6. The molecule has 0 radical (unpaired) electrons. The van der Waals surface area contributed by atoms with E-state index in [9.17, 15) is 15.2 Å². The number of hydrogen-bond donors (Lipinski definition) is 4. The molecular formula is C28H45Cl2I5N5O3-. The summed E-state index contributed by atoms with van der Waals surface area (Å²) in [6.07, 6.45) is 9.04. The predicted molar refractivity (Wildman–Crippen MR) is 210 cm³/mol. The minimum absolute atomic E-state index is 0. The molecule has 1 aromatic rings. The maximum atomic E-state index is 10.8. The SMILES string of the molecule is CN1C2CCC1CC([C@@H](C#N)N[C@@H](CO)c1ccccc1)C2.CN1C2CCC1CC([C@H](N)C(=O)O)C2.Cl.Cl.II.I[I-]I.